The Kier molecular flexibility index (Phi) is 6.54. The molecule has 3 heterocycles. The van der Waals surface area contributed by atoms with E-state index in [0.29, 0.717) is 24.3 Å². The number of piperidine rings is 2. The first kappa shape index (κ1) is 23.5. The van der Waals surface area contributed by atoms with Crippen molar-refractivity contribution in [2.24, 2.45) is 17.3 Å². The van der Waals surface area contributed by atoms with Crippen LogP contribution in [0.25, 0.3) is 0 Å². The van der Waals surface area contributed by atoms with Crippen LogP contribution in [0.15, 0.2) is 24.3 Å². The number of carbonyl (C=O) groups excluding carboxylic acids is 1. The van der Waals surface area contributed by atoms with Crippen LogP contribution < -0.4 is 4.90 Å². The molecule has 3 aliphatic rings. The van der Waals surface area contributed by atoms with Gasteiger partial charge in [-0.05, 0) is 55.3 Å². The Morgan fingerprint density at radius 1 is 1.00 bits per heavy atom. The molecule has 3 fully saturated rings. The molecule has 3 saturated heterocycles. The number of alkyl halides is 2. The predicted molar refractivity (Wildman–Crippen MR) is 125 cm³/mol. The molecule has 1 spiro atoms. The van der Waals surface area contributed by atoms with Crippen molar-refractivity contribution in [2.45, 2.75) is 58.8 Å². The highest BCUT2D eigenvalue weighted by Gasteiger charge is 2.47. The predicted octanol–water partition coefficient (Wildman–Crippen LogP) is 4.85. The zero-order chi connectivity index (χ0) is 23.1. The number of carbonyl (C=O) groups is 1. The summed E-state index contributed by atoms with van der Waals surface area (Å²) < 4.78 is 29.0. The van der Waals surface area contributed by atoms with Gasteiger partial charge < -0.3 is 9.80 Å². The van der Waals surface area contributed by atoms with E-state index in [4.69, 9.17) is 0 Å². The first-order valence-electron chi connectivity index (χ1n) is 12.3. The van der Waals surface area contributed by atoms with Gasteiger partial charge in [-0.3, -0.25) is 9.69 Å². The summed E-state index contributed by atoms with van der Waals surface area (Å²) in [6.45, 7) is 12.2. The molecule has 1 amide bonds. The number of likely N-dealkylation sites (tertiary alicyclic amines) is 2. The molecule has 0 bridgehead atoms. The van der Waals surface area contributed by atoms with E-state index in [1.54, 1.807) is 4.90 Å². The Labute approximate surface area is 191 Å². The molecule has 0 radical (unpaired) electrons. The van der Waals surface area contributed by atoms with E-state index in [0.717, 1.165) is 39.0 Å². The van der Waals surface area contributed by atoms with Crippen molar-refractivity contribution < 1.29 is 13.6 Å². The minimum atomic E-state index is -2.71. The molecule has 1 aromatic rings. The van der Waals surface area contributed by atoms with Crippen LogP contribution in [0.5, 0.6) is 0 Å². The van der Waals surface area contributed by atoms with E-state index in [9.17, 15) is 13.6 Å². The lowest BCUT2D eigenvalue weighted by Gasteiger charge is -2.55. The summed E-state index contributed by atoms with van der Waals surface area (Å²) in [7, 11) is 0. The highest BCUT2D eigenvalue weighted by Crippen LogP contribution is 2.43. The summed E-state index contributed by atoms with van der Waals surface area (Å²) >= 11 is 0. The molecule has 6 heteroatoms. The molecule has 1 unspecified atom stereocenters. The van der Waals surface area contributed by atoms with Gasteiger partial charge in [-0.15, -0.1) is 0 Å². The Morgan fingerprint density at radius 3 is 2.16 bits per heavy atom. The second-order valence-corrected chi connectivity index (χ2v) is 11.1. The molecule has 4 nitrogen and oxygen atoms in total. The standard InChI is InChI=1S/C26H39F2N3O/c1-19(2)21-5-7-22(8-6-21)31-16-25(17-31)10-13-30(14-11-25)24(32)15-29-12-9-23(20(3)4)26(27,28)18-29/h5-8,19-20,23H,9-18H2,1-4H3. The molecule has 0 aliphatic carbocycles. The molecular formula is C26H39F2N3O. The van der Waals surface area contributed by atoms with Crippen LogP contribution in [-0.4, -0.2) is 67.4 Å². The average molecular weight is 448 g/mol. The van der Waals surface area contributed by atoms with E-state index in [1.807, 2.05) is 18.7 Å². The summed E-state index contributed by atoms with van der Waals surface area (Å²) in [4.78, 5) is 18.8. The van der Waals surface area contributed by atoms with Crippen LogP contribution in [0.4, 0.5) is 14.5 Å². The number of anilines is 1. The number of hydrogen-bond donors (Lipinski definition) is 0. The summed E-state index contributed by atoms with van der Waals surface area (Å²) in [5.41, 5.74) is 2.95. The van der Waals surface area contributed by atoms with E-state index >= 15 is 0 Å². The van der Waals surface area contributed by atoms with Crippen LogP contribution >= 0.6 is 0 Å². The topological polar surface area (TPSA) is 26.8 Å². The van der Waals surface area contributed by atoms with Gasteiger partial charge in [0.25, 0.3) is 5.92 Å². The zero-order valence-electron chi connectivity index (χ0n) is 20.1. The molecule has 4 rings (SSSR count). The third kappa shape index (κ3) is 4.80. The SMILES string of the molecule is CC(C)c1ccc(N2CC3(CCN(C(=O)CN4CCC(C(C)C)C(F)(F)C4)CC3)C2)cc1. The smallest absolute Gasteiger partial charge is 0.263 e. The van der Waals surface area contributed by atoms with Crippen molar-refractivity contribution in [1.29, 1.82) is 0 Å². The van der Waals surface area contributed by atoms with E-state index in [-0.39, 0.29) is 24.9 Å². The first-order valence-corrected chi connectivity index (χ1v) is 12.3. The third-order valence-corrected chi connectivity index (χ3v) is 8.05. The lowest BCUT2D eigenvalue weighted by atomic mass is 9.71. The van der Waals surface area contributed by atoms with Gasteiger partial charge in [-0.25, -0.2) is 8.78 Å². The quantitative estimate of drug-likeness (QED) is 0.646. The zero-order valence-corrected chi connectivity index (χ0v) is 20.1. The minimum Gasteiger partial charge on any atom is -0.370 e. The largest absolute Gasteiger partial charge is 0.370 e. The van der Waals surface area contributed by atoms with E-state index in [1.165, 1.54) is 11.3 Å². The maximum atomic E-state index is 14.5. The van der Waals surface area contributed by atoms with Crippen molar-refractivity contribution in [1.82, 2.24) is 9.80 Å². The van der Waals surface area contributed by atoms with Crippen molar-refractivity contribution in [3.05, 3.63) is 29.8 Å². The van der Waals surface area contributed by atoms with Crippen LogP contribution in [0.3, 0.4) is 0 Å². The fourth-order valence-corrected chi connectivity index (χ4v) is 5.84. The number of halogens is 2. The second-order valence-electron chi connectivity index (χ2n) is 11.1. The van der Waals surface area contributed by atoms with Crippen LogP contribution in [0, 0.1) is 17.3 Å². The van der Waals surface area contributed by atoms with Gasteiger partial charge in [0.15, 0.2) is 0 Å². The first-order chi connectivity index (χ1) is 15.1. The van der Waals surface area contributed by atoms with Gasteiger partial charge in [0.2, 0.25) is 5.91 Å². The van der Waals surface area contributed by atoms with Gasteiger partial charge in [0.05, 0.1) is 13.1 Å². The van der Waals surface area contributed by atoms with E-state index < -0.39 is 11.8 Å². The summed E-state index contributed by atoms with van der Waals surface area (Å²) in [6.07, 6.45) is 2.48. The van der Waals surface area contributed by atoms with Crippen molar-refractivity contribution >= 4 is 11.6 Å². The molecule has 32 heavy (non-hydrogen) atoms. The molecular weight excluding hydrogens is 408 g/mol. The van der Waals surface area contributed by atoms with Gasteiger partial charge >= 0.3 is 0 Å². The Bertz CT molecular complexity index is 792. The Hall–Kier alpha value is -1.69. The molecule has 0 saturated carbocycles. The number of rotatable bonds is 5. The molecule has 1 atom stereocenters. The third-order valence-electron chi connectivity index (χ3n) is 8.05. The lowest BCUT2D eigenvalue weighted by molar-refractivity contribution is -0.144. The fourth-order valence-electron chi connectivity index (χ4n) is 5.84. The summed E-state index contributed by atoms with van der Waals surface area (Å²) in [5, 5.41) is 0. The normalized spacial score (nSPS) is 25.4. The lowest BCUT2D eigenvalue weighted by Crippen LogP contribution is -2.61. The monoisotopic (exact) mass is 447 g/mol. The number of benzene rings is 1. The summed E-state index contributed by atoms with van der Waals surface area (Å²) in [5.74, 6) is -2.76. The maximum absolute atomic E-state index is 14.5. The maximum Gasteiger partial charge on any atom is 0.263 e. The van der Waals surface area contributed by atoms with Crippen molar-refractivity contribution in [3.8, 4) is 0 Å². The van der Waals surface area contributed by atoms with Gasteiger partial charge in [-0.1, -0.05) is 39.8 Å². The van der Waals surface area contributed by atoms with Crippen LogP contribution in [0.1, 0.15) is 58.4 Å². The summed E-state index contributed by atoms with van der Waals surface area (Å²) in [6, 6.07) is 8.89. The highest BCUT2D eigenvalue weighted by molar-refractivity contribution is 5.78. The van der Waals surface area contributed by atoms with Gasteiger partial charge in [-0.2, -0.15) is 0 Å². The number of nitrogens with zero attached hydrogens (tertiary/aromatic N) is 3. The number of hydrogen-bond acceptors (Lipinski definition) is 3. The van der Waals surface area contributed by atoms with Crippen molar-refractivity contribution in [2.75, 3.05) is 50.7 Å². The molecule has 0 aromatic heterocycles. The number of amides is 1. The molecule has 1 aromatic carbocycles. The van der Waals surface area contributed by atoms with Gasteiger partial charge in [0, 0.05) is 43.2 Å². The van der Waals surface area contributed by atoms with E-state index in [2.05, 4.69) is 43.0 Å². The Balaban J connectivity index is 1.23. The van der Waals surface area contributed by atoms with Crippen LogP contribution in [0.2, 0.25) is 0 Å². The average Bonchev–Trinajstić information content (AvgIpc) is 2.71. The van der Waals surface area contributed by atoms with Crippen LogP contribution in [-0.2, 0) is 4.79 Å². The fraction of sp³-hybridized carbons (Fsp3) is 0.731. The van der Waals surface area contributed by atoms with Gasteiger partial charge in [0.1, 0.15) is 0 Å². The minimum absolute atomic E-state index is 0.0131. The molecule has 178 valence electrons. The highest BCUT2D eigenvalue weighted by atomic mass is 19.3. The second kappa shape index (κ2) is 8.92. The Morgan fingerprint density at radius 2 is 1.62 bits per heavy atom. The van der Waals surface area contributed by atoms with Crippen molar-refractivity contribution in [3.63, 3.8) is 0 Å². The molecule has 3 aliphatic heterocycles. The molecule has 0 N–H and O–H groups in total.